The number of aromatic carboxylic acids is 1. The Balaban J connectivity index is 1.94. The molecule has 1 heterocycles. The summed E-state index contributed by atoms with van der Waals surface area (Å²) in [7, 11) is 1.93. The van der Waals surface area contributed by atoms with Crippen molar-refractivity contribution in [2.24, 2.45) is 0 Å². The quantitative estimate of drug-likeness (QED) is 0.860. The molecule has 18 heavy (non-hydrogen) atoms. The Morgan fingerprint density at radius 3 is 2.61 bits per heavy atom. The first-order valence-electron chi connectivity index (χ1n) is 5.41. The van der Waals surface area contributed by atoms with Crippen LogP contribution < -0.4 is 0 Å². The van der Waals surface area contributed by atoms with Crippen LogP contribution in [0.5, 0.6) is 0 Å². The van der Waals surface area contributed by atoms with E-state index in [1.807, 2.05) is 11.9 Å². The summed E-state index contributed by atoms with van der Waals surface area (Å²) in [4.78, 5) is 16.6. The zero-order chi connectivity index (χ0) is 13.0. The van der Waals surface area contributed by atoms with Crippen molar-refractivity contribution in [1.29, 1.82) is 0 Å². The Kier molecular flexibility index (Phi) is 3.69. The molecule has 0 radical (unpaired) electrons. The monoisotopic (exact) mass is 247 g/mol. The first-order chi connectivity index (χ1) is 8.65. The van der Waals surface area contributed by atoms with Crippen LogP contribution in [-0.2, 0) is 13.1 Å². The lowest BCUT2D eigenvalue weighted by Crippen LogP contribution is -2.17. The molecule has 0 spiro atoms. The minimum Gasteiger partial charge on any atom is -0.478 e. The summed E-state index contributed by atoms with van der Waals surface area (Å²) in [6.45, 7) is 1.24. The zero-order valence-electron chi connectivity index (χ0n) is 9.91. The molecule has 0 atom stereocenters. The highest BCUT2D eigenvalue weighted by Crippen LogP contribution is 2.08. The number of aromatic nitrogens is 2. The van der Waals surface area contributed by atoms with Crippen LogP contribution in [0.25, 0.3) is 0 Å². The van der Waals surface area contributed by atoms with Crippen molar-refractivity contribution in [3.05, 3.63) is 47.6 Å². The predicted molar refractivity (Wildman–Crippen MR) is 62.9 cm³/mol. The van der Waals surface area contributed by atoms with Crippen LogP contribution in [0.3, 0.4) is 0 Å². The third-order valence-corrected chi connectivity index (χ3v) is 2.47. The minimum absolute atomic E-state index is 0.290. The molecule has 0 aliphatic carbocycles. The van der Waals surface area contributed by atoms with Crippen molar-refractivity contribution in [2.75, 3.05) is 7.05 Å². The van der Waals surface area contributed by atoms with Crippen molar-refractivity contribution in [1.82, 2.24) is 15.0 Å². The van der Waals surface area contributed by atoms with Crippen LogP contribution in [-0.4, -0.2) is 33.2 Å². The van der Waals surface area contributed by atoms with E-state index in [-0.39, 0.29) is 0 Å². The van der Waals surface area contributed by atoms with E-state index in [1.54, 1.807) is 24.3 Å². The molecule has 6 nitrogen and oxygen atoms in total. The van der Waals surface area contributed by atoms with Gasteiger partial charge in [0.15, 0.2) is 6.33 Å². The molecule has 2 rings (SSSR count). The first-order valence-corrected chi connectivity index (χ1v) is 5.41. The summed E-state index contributed by atoms with van der Waals surface area (Å²) in [5.41, 5.74) is 1.32. The highest BCUT2D eigenvalue weighted by Gasteiger charge is 2.07. The van der Waals surface area contributed by atoms with Crippen LogP contribution in [0, 0.1) is 0 Å². The van der Waals surface area contributed by atoms with Gasteiger partial charge >= 0.3 is 5.97 Å². The van der Waals surface area contributed by atoms with Gasteiger partial charge in [0.1, 0.15) is 0 Å². The maximum absolute atomic E-state index is 10.7. The van der Waals surface area contributed by atoms with E-state index in [4.69, 9.17) is 9.63 Å². The first kappa shape index (κ1) is 12.3. The van der Waals surface area contributed by atoms with Gasteiger partial charge in [0.2, 0.25) is 5.89 Å². The molecule has 0 saturated heterocycles. The van der Waals surface area contributed by atoms with Crippen molar-refractivity contribution >= 4 is 5.97 Å². The molecule has 2 aromatic rings. The van der Waals surface area contributed by atoms with Crippen LogP contribution >= 0.6 is 0 Å². The number of hydrogen-bond donors (Lipinski definition) is 1. The van der Waals surface area contributed by atoms with E-state index < -0.39 is 5.97 Å². The van der Waals surface area contributed by atoms with Gasteiger partial charge in [-0.15, -0.1) is 0 Å². The molecule has 0 aliphatic heterocycles. The molecular weight excluding hydrogens is 234 g/mol. The number of carbonyl (C=O) groups is 1. The van der Waals surface area contributed by atoms with Gasteiger partial charge in [-0.3, -0.25) is 4.90 Å². The molecule has 1 N–H and O–H groups in total. The standard InChI is InChI=1S/C12H13N3O3/c1-15(7-11-13-8-14-18-11)6-9-2-4-10(5-3-9)12(16)17/h2-5,8H,6-7H2,1H3,(H,16,17). The Bertz CT molecular complexity index is 508. The summed E-state index contributed by atoms with van der Waals surface area (Å²) in [5, 5.41) is 12.3. The fourth-order valence-corrected chi connectivity index (χ4v) is 1.62. The largest absolute Gasteiger partial charge is 0.478 e. The maximum atomic E-state index is 10.7. The van der Waals surface area contributed by atoms with Crippen molar-refractivity contribution < 1.29 is 14.4 Å². The molecule has 94 valence electrons. The normalized spacial score (nSPS) is 10.8. The molecule has 1 aromatic carbocycles. The number of hydrogen-bond acceptors (Lipinski definition) is 5. The second-order valence-electron chi connectivity index (χ2n) is 4.01. The molecule has 0 fully saturated rings. The van der Waals surface area contributed by atoms with E-state index in [1.165, 1.54) is 6.33 Å². The fraction of sp³-hybridized carbons (Fsp3) is 0.250. The van der Waals surface area contributed by atoms with Gasteiger partial charge in [-0.2, -0.15) is 4.98 Å². The summed E-state index contributed by atoms with van der Waals surface area (Å²) in [6, 6.07) is 6.79. The molecule has 1 aromatic heterocycles. The summed E-state index contributed by atoms with van der Waals surface area (Å²) < 4.78 is 4.91. The van der Waals surface area contributed by atoms with Crippen LogP contribution in [0.4, 0.5) is 0 Å². The number of benzene rings is 1. The van der Waals surface area contributed by atoms with Crippen LogP contribution in [0.1, 0.15) is 21.8 Å². The number of carboxylic acids is 1. The Hall–Kier alpha value is -2.21. The average Bonchev–Trinajstić information content (AvgIpc) is 2.82. The lowest BCUT2D eigenvalue weighted by Gasteiger charge is -2.14. The van der Waals surface area contributed by atoms with Gasteiger partial charge < -0.3 is 9.63 Å². The van der Waals surface area contributed by atoms with E-state index in [9.17, 15) is 4.79 Å². The van der Waals surface area contributed by atoms with Crippen molar-refractivity contribution in [3.8, 4) is 0 Å². The van der Waals surface area contributed by atoms with Gasteiger partial charge in [-0.1, -0.05) is 17.3 Å². The Morgan fingerprint density at radius 2 is 2.06 bits per heavy atom. The second kappa shape index (κ2) is 5.42. The molecule has 6 heteroatoms. The third kappa shape index (κ3) is 3.14. The van der Waals surface area contributed by atoms with E-state index in [0.717, 1.165) is 5.56 Å². The lowest BCUT2D eigenvalue weighted by molar-refractivity contribution is 0.0697. The molecular formula is C12H13N3O3. The number of nitrogens with zero attached hydrogens (tertiary/aromatic N) is 3. The van der Waals surface area contributed by atoms with Crippen molar-refractivity contribution in [2.45, 2.75) is 13.1 Å². The van der Waals surface area contributed by atoms with E-state index in [2.05, 4.69) is 10.1 Å². The van der Waals surface area contributed by atoms with Gasteiger partial charge in [0.25, 0.3) is 0 Å². The zero-order valence-corrected chi connectivity index (χ0v) is 9.91. The lowest BCUT2D eigenvalue weighted by atomic mass is 10.1. The Labute approximate surface area is 104 Å². The van der Waals surface area contributed by atoms with Gasteiger partial charge in [0.05, 0.1) is 12.1 Å². The Morgan fingerprint density at radius 1 is 1.33 bits per heavy atom. The molecule has 0 saturated carbocycles. The molecule has 0 unspecified atom stereocenters. The maximum Gasteiger partial charge on any atom is 0.335 e. The van der Waals surface area contributed by atoms with Gasteiger partial charge in [-0.05, 0) is 24.7 Å². The SMILES string of the molecule is CN(Cc1ccc(C(=O)O)cc1)Cc1ncno1. The van der Waals surface area contributed by atoms with Crippen LogP contribution in [0.2, 0.25) is 0 Å². The minimum atomic E-state index is -0.916. The number of carboxylic acid groups (broad SMARTS) is 1. The van der Waals surface area contributed by atoms with Crippen LogP contribution in [0.15, 0.2) is 35.1 Å². The van der Waals surface area contributed by atoms with E-state index >= 15 is 0 Å². The van der Waals surface area contributed by atoms with Crippen molar-refractivity contribution in [3.63, 3.8) is 0 Å². The summed E-state index contributed by atoms with van der Waals surface area (Å²) in [6.07, 6.45) is 1.37. The molecule has 0 amide bonds. The highest BCUT2D eigenvalue weighted by molar-refractivity contribution is 5.87. The van der Waals surface area contributed by atoms with Gasteiger partial charge in [0, 0.05) is 6.54 Å². The van der Waals surface area contributed by atoms with E-state index in [0.29, 0.717) is 24.5 Å². The molecule has 0 bridgehead atoms. The summed E-state index contributed by atoms with van der Waals surface area (Å²) in [5.74, 6) is -0.361. The smallest absolute Gasteiger partial charge is 0.335 e. The topological polar surface area (TPSA) is 79.5 Å². The predicted octanol–water partition coefficient (Wildman–Crippen LogP) is 1.40. The highest BCUT2D eigenvalue weighted by atomic mass is 16.5. The second-order valence-corrected chi connectivity index (χ2v) is 4.01. The van der Waals surface area contributed by atoms with Gasteiger partial charge in [-0.25, -0.2) is 4.79 Å². The fourth-order valence-electron chi connectivity index (χ4n) is 1.62. The average molecular weight is 247 g/mol. The molecule has 0 aliphatic rings. The summed E-state index contributed by atoms with van der Waals surface area (Å²) >= 11 is 0. The number of rotatable bonds is 5. The third-order valence-electron chi connectivity index (χ3n) is 2.47.